The molecule has 0 saturated heterocycles. The summed E-state index contributed by atoms with van der Waals surface area (Å²) >= 11 is 39.6. The molecule has 1 aromatic carbocycles. The molecule has 7 N–H and O–H groups in total. The maximum Gasteiger partial charge on any atom is 0.229 e. The molecule has 44 heavy (non-hydrogen) atoms. The minimum absolute atomic E-state index is 0.101. The van der Waals surface area contributed by atoms with Gasteiger partial charge in [-0.2, -0.15) is 9.97 Å². The van der Waals surface area contributed by atoms with Gasteiger partial charge in [0.2, 0.25) is 16.5 Å². The van der Waals surface area contributed by atoms with Gasteiger partial charge in [0.1, 0.15) is 21.7 Å². The molecule has 0 aliphatic carbocycles. The lowest BCUT2D eigenvalue weighted by Crippen LogP contribution is -2.08. The average molecular weight is 745 g/mol. The van der Waals surface area contributed by atoms with Crippen LogP contribution < -0.4 is 27.4 Å². The summed E-state index contributed by atoms with van der Waals surface area (Å²) in [5.41, 5.74) is 11.7. The molecule has 0 spiro atoms. The number of benzene rings is 1. The maximum atomic E-state index is 6.08. The predicted molar refractivity (Wildman–Crippen MR) is 184 cm³/mol. The summed E-state index contributed by atoms with van der Waals surface area (Å²) in [4.78, 5) is 23.3. The normalized spacial score (nSPS) is 10.2. The van der Waals surface area contributed by atoms with E-state index in [-0.39, 0.29) is 15.7 Å². The van der Waals surface area contributed by atoms with Gasteiger partial charge in [0, 0.05) is 23.8 Å². The Hall–Kier alpha value is -2.19. The molecule has 0 fully saturated rings. The highest BCUT2D eigenvalue weighted by molar-refractivity contribution is 6.41. The van der Waals surface area contributed by atoms with E-state index in [2.05, 4.69) is 45.9 Å². The topological polar surface area (TPSA) is 165 Å². The molecule has 0 amide bonds. The fraction of sp³-hybridized carbons (Fsp3) is 0.308. The van der Waals surface area contributed by atoms with E-state index in [4.69, 9.17) is 92.7 Å². The molecule has 4 aromatic rings. The first-order valence-corrected chi connectivity index (χ1v) is 15.7. The summed E-state index contributed by atoms with van der Waals surface area (Å²) in [6.07, 6.45) is 8.28. The molecular weight excluding hydrogens is 715 g/mol. The van der Waals surface area contributed by atoms with Crippen LogP contribution in [0.2, 0.25) is 35.8 Å². The lowest BCUT2D eigenvalue weighted by molar-refractivity contribution is 0.772. The third kappa shape index (κ3) is 15.2. The number of rotatable bonds is 12. The van der Waals surface area contributed by atoms with Gasteiger partial charge in [0.15, 0.2) is 5.15 Å². The van der Waals surface area contributed by atoms with E-state index in [1.54, 1.807) is 18.3 Å². The monoisotopic (exact) mass is 741 g/mol. The molecule has 11 nitrogen and oxygen atoms in total. The quantitative estimate of drug-likeness (QED) is 0.0541. The number of nitrogens with two attached hydrogens (primary N) is 2. The summed E-state index contributed by atoms with van der Waals surface area (Å²) in [7, 11) is 0. The van der Waals surface area contributed by atoms with Gasteiger partial charge in [-0.25, -0.2) is 19.9 Å². The molecule has 0 aliphatic rings. The van der Waals surface area contributed by atoms with E-state index in [1.165, 1.54) is 12.4 Å². The Morgan fingerprint density at radius 3 is 1.59 bits per heavy atom. The minimum atomic E-state index is 0.101. The minimum Gasteiger partial charge on any atom is -0.369 e. The molecule has 0 bridgehead atoms. The highest BCUT2D eigenvalue weighted by atomic mass is 35.5. The Balaban J connectivity index is 0.000000252. The number of halogens is 7. The van der Waals surface area contributed by atoms with Crippen LogP contribution in [0.25, 0.3) is 0 Å². The van der Waals surface area contributed by atoms with E-state index in [0.29, 0.717) is 50.8 Å². The highest BCUT2D eigenvalue weighted by Gasteiger charge is 2.06. The molecule has 4 rings (SSSR count). The van der Waals surface area contributed by atoms with Gasteiger partial charge in [-0.1, -0.05) is 58.0 Å². The summed E-state index contributed by atoms with van der Waals surface area (Å²) in [6.45, 7) is 2.93. The van der Waals surface area contributed by atoms with Crippen LogP contribution in [0, 0.1) is 0 Å². The number of nitrogens with one attached hydrogen (secondary N) is 3. The first-order chi connectivity index (χ1) is 21.1. The molecule has 0 saturated carbocycles. The maximum absolute atomic E-state index is 6.08. The molecule has 18 heteroatoms. The zero-order chi connectivity index (χ0) is 32.3. The largest absolute Gasteiger partial charge is 0.369 e. The molecule has 0 unspecified atom stereocenters. The number of anilines is 4. The Morgan fingerprint density at radius 2 is 1.07 bits per heavy atom. The van der Waals surface area contributed by atoms with Crippen LogP contribution in [0.3, 0.4) is 0 Å². The summed E-state index contributed by atoms with van der Waals surface area (Å²) in [6, 6.07) is 7.31. The van der Waals surface area contributed by atoms with Crippen molar-refractivity contribution in [2.75, 3.05) is 42.1 Å². The second-order valence-corrected chi connectivity index (χ2v) is 11.2. The molecule has 0 radical (unpaired) electrons. The fourth-order valence-corrected chi connectivity index (χ4v) is 3.93. The van der Waals surface area contributed by atoms with Crippen molar-refractivity contribution in [1.82, 2.24) is 29.9 Å². The van der Waals surface area contributed by atoms with Crippen molar-refractivity contribution in [3.05, 3.63) is 78.7 Å². The number of hydrogen-bond donors (Lipinski definition) is 5. The van der Waals surface area contributed by atoms with Gasteiger partial charge in [-0.15, -0.1) is 0 Å². The SMILES string of the molecule is Clc1ncc(Cl)c(Cl)n1.NCCCCNc1nc(Cl)ncc1Cl.NCCCCNc1nc(Nc2ccc(Cl)cc2)ncc1Cl. The zero-order valence-electron chi connectivity index (χ0n) is 23.2. The summed E-state index contributed by atoms with van der Waals surface area (Å²) in [5, 5.41) is 11.8. The first-order valence-electron chi connectivity index (χ1n) is 13.1. The van der Waals surface area contributed by atoms with E-state index in [9.17, 15) is 0 Å². The second kappa shape index (κ2) is 21.5. The summed E-state index contributed by atoms with van der Waals surface area (Å²) < 4.78 is 0. The van der Waals surface area contributed by atoms with Crippen molar-refractivity contribution >= 4 is 104 Å². The Labute approximate surface area is 290 Å². The second-order valence-electron chi connectivity index (χ2n) is 8.48. The van der Waals surface area contributed by atoms with Gasteiger partial charge in [0.05, 0.1) is 23.6 Å². The van der Waals surface area contributed by atoms with Gasteiger partial charge in [-0.05, 0) is 86.2 Å². The van der Waals surface area contributed by atoms with E-state index in [0.717, 1.165) is 44.5 Å². The number of unbranched alkanes of at least 4 members (excludes halogenated alkanes) is 2. The molecule has 0 aliphatic heterocycles. The molecule has 0 atom stereocenters. The predicted octanol–water partition coefficient (Wildman–Crippen LogP) is 8.05. The van der Waals surface area contributed by atoms with Crippen molar-refractivity contribution in [2.45, 2.75) is 25.7 Å². The van der Waals surface area contributed by atoms with Gasteiger partial charge in [0.25, 0.3) is 0 Å². The van der Waals surface area contributed by atoms with Crippen molar-refractivity contribution in [3.63, 3.8) is 0 Å². The van der Waals surface area contributed by atoms with E-state index in [1.807, 2.05) is 12.1 Å². The van der Waals surface area contributed by atoms with Crippen molar-refractivity contribution < 1.29 is 0 Å². The van der Waals surface area contributed by atoms with E-state index >= 15 is 0 Å². The van der Waals surface area contributed by atoms with E-state index < -0.39 is 0 Å². The Bertz CT molecular complexity index is 1420. The van der Waals surface area contributed by atoms with Crippen LogP contribution in [-0.4, -0.2) is 56.1 Å². The van der Waals surface area contributed by atoms with Crippen molar-refractivity contribution in [2.24, 2.45) is 11.5 Å². The van der Waals surface area contributed by atoms with Crippen molar-refractivity contribution in [3.8, 4) is 0 Å². The number of aromatic nitrogens is 6. The Morgan fingerprint density at radius 1 is 0.568 bits per heavy atom. The standard InChI is InChI=1S/C14H17Cl2N5.C8H12Cl2N4.C4HCl3N2/c15-10-3-5-11(6-4-10)20-14-19-9-12(16)13(21-14)18-8-2-1-7-17;9-6-5-13-8(10)14-7(6)12-4-2-1-3-11;5-2-1-8-4(7)9-3(2)6/h3-6,9H,1-2,7-8,17H2,(H2,18,19,20,21);5H,1-4,11H2,(H,12,13,14);1H. The average Bonchev–Trinajstić information content (AvgIpc) is 3.00. The lowest BCUT2D eigenvalue weighted by Gasteiger charge is -2.10. The number of nitrogens with zero attached hydrogens (tertiary/aromatic N) is 6. The van der Waals surface area contributed by atoms with Crippen molar-refractivity contribution in [1.29, 1.82) is 0 Å². The van der Waals surface area contributed by atoms with Crippen LogP contribution in [0.15, 0.2) is 42.9 Å². The third-order valence-electron chi connectivity index (χ3n) is 5.08. The zero-order valence-corrected chi connectivity index (χ0v) is 28.5. The van der Waals surface area contributed by atoms with Gasteiger partial charge in [-0.3, -0.25) is 0 Å². The smallest absolute Gasteiger partial charge is 0.229 e. The first kappa shape index (κ1) is 38.0. The number of hydrogen-bond acceptors (Lipinski definition) is 11. The van der Waals surface area contributed by atoms with Gasteiger partial charge >= 0.3 is 0 Å². The Kier molecular flexibility index (Phi) is 18.6. The highest BCUT2D eigenvalue weighted by Crippen LogP contribution is 2.23. The molecule has 3 aromatic heterocycles. The fourth-order valence-electron chi connectivity index (χ4n) is 2.96. The molecular formula is C26H30Cl7N11. The van der Waals surface area contributed by atoms with Crippen LogP contribution >= 0.6 is 81.2 Å². The van der Waals surface area contributed by atoms with Crippen LogP contribution in [0.4, 0.5) is 23.3 Å². The molecule has 3 heterocycles. The molecule has 238 valence electrons. The van der Waals surface area contributed by atoms with Crippen LogP contribution in [0.5, 0.6) is 0 Å². The van der Waals surface area contributed by atoms with Gasteiger partial charge < -0.3 is 27.4 Å². The third-order valence-corrected chi connectivity index (χ3v) is 6.91. The summed E-state index contributed by atoms with van der Waals surface area (Å²) in [5.74, 6) is 1.66. The van der Waals surface area contributed by atoms with Crippen LogP contribution in [-0.2, 0) is 0 Å². The van der Waals surface area contributed by atoms with Crippen LogP contribution in [0.1, 0.15) is 25.7 Å². The lowest BCUT2D eigenvalue weighted by atomic mass is 10.3.